The van der Waals surface area contributed by atoms with E-state index in [4.69, 9.17) is 0 Å². The number of hydrogen-bond donors (Lipinski definition) is 1. The van der Waals surface area contributed by atoms with E-state index in [1.165, 1.54) is 21.8 Å². The topological polar surface area (TPSA) is 15.9 Å². The van der Waals surface area contributed by atoms with Crippen LogP contribution in [0.1, 0.15) is 17.5 Å². The monoisotopic (exact) mass is 462 g/mol. The smallest absolute Gasteiger partial charge is 0.269 e. The maximum atomic E-state index is 3.50. The largest absolute Gasteiger partial charge is 1.00 e. The van der Waals surface area contributed by atoms with Crippen molar-refractivity contribution in [3.8, 4) is 16.9 Å². The van der Waals surface area contributed by atoms with Gasteiger partial charge < -0.3 is 22.3 Å². The molecule has 0 saturated heterocycles. The molecule has 2 nitrogen and oxygen atoms in total. The molecule has 0 fully saturated rings. The summed E-state index contributed by atoms with van der Waals surface area (Å²) in [5.41, 5.74) is 7.05. The molecule has 0 amide bonds. The van der Waals surface area contributed by atoms with Gasteiger partial charge in [0.2, 0.25) is 11.4 Å². The van der Waals surface area contributed by atoms with Gasteiger partial charge in [0.15, 0.2) is 0 Å². The third kappa shape index (κ3) is 5.03. The van der Waals surface area contributed by atoms with Crippen LogP contribution in [0.2, 0.25) is 0 Å². The van der Waals surface area contributed by atoms with Crippen molar-refractivity contribution in [1.82, 2.24) is 0 Å². The lowest BCUT2D eigenvalue weighted by molar-refractivity contribution is -0.580. The fraction of sp³-hybridized carbons (Fsp3) is 0.0800. The maximum absolute atomic E-state index is 3.50. The van der Waals surface area contributed by atoms with E-state index in [-0.39, 0.29) is 17.0 Å². The van der Waals surface area contributed by atoms with Crippen LogP contribution >= 0.6 is 11.3 Å². The van der Waals surface area contributed by atoms with Gasteiger partial charge in [-0.25, -0.2) is 0 Å². The second-order valence-electron chi connectivity index (χ2n) is 6.81. The molecular weight excluding hydrogens is 440 g/mol. The van der Waals surface area contributed by atoms with Crippen LogP contribution in [-0.2, 0) is 0 Å². The summed E-state index contributed by atoms with van der Waals surface area (Å²) in [6.45, 7) is 4.21. The Kier molecular flexibility index (Phi) is 7.02. The van der Waals surface area contributed by atoms with Crippen LogP contribution in [0.15, 0.2) is 96.0 Å². The Balaban J connectivity index is 0.00000240. The van der Waals surface area contributed by atoms with Crippen molar-refractivity contribution < 1.29 is 21.5 Å². The third-order valence-electron chi connectivity index (χ3n) is 4.57. The number of para-hydroxylation sites is 1. The number of aryl methyl sites for hydroxylation is 1. The highest BCUT2D eigenvalue weighted by Crippen LogP contribution is 2.24. The Morgan fingerprint density at radius 1 is 0.862 bits per heavy atom. The molecule has 0 spiro atoms. The summed E-state index contributed by atoms with van der Waals surface area (Å²) in [7, 11) is 0. The van der Waals surface area contributed by atoms with Crippen molar-refractivity contribution in [3.05, 3.63) is 107 Å². The zero-order chi connectivity index (χ0) is 19.3. The molecule has 0 aliphatic heterocycles. The van der Waals surface area contributed by atoms with Gasteiger partial charge in [0.1, 0.15) is 0 Å². The van der Waals surface area contributed by atoms with Gasteiger partial charge in [-0.2, -0.15) is 0 Å². The van der Waals surface area contributed by atoms with Crippen LogP contribution in [0, 0.1) is 6.92 Å². The molecule has 0 radical (unpaired) electrons. The number of nitrogens with zero attached hydrogens (tertiary/aromatic N) is 1. The number of anilines is 1. The summed E-state index contributed by atoms with van der Waals surface area (Å²) in [5, 5.41) is 6.91. The molecule has 0 saturated carbocycles. The van der Waals surface area contributed by atoms with E-state index in [0.29, 0.717) is 0 Å². The van der Waals surface area contributed by atoms with Crippen LogP contribution in [0.25, 0.3) is 23.0 Å². The standard InChI is InChI=1S/C25H22N2S.BrH/c1-19-13-15-22(16-14-19)26-20(2)17-25-27(23-11-7-4-8-12-23)24(18-28-25)21-9-5-3-6-10-21;/h3-18H,1-2H3;1H. The minimum Gasteiger partial charge on any atom is -1.00 e. The first-order chi connectivity index (χ1) is 13.7. The highest BCUT2D eigenvalue weighted by molar-refractivity contribution is 7.10. The van der Waals surface area contributed by atoms with Crippen LogP contribution in [0.4, 0.5) is 5.69 Å². The molecule has 0 unspecified atom stereocenters. The van der Waals surface area contributed by atoms with Crippen LogP contribution in [0.3, 0.4) is 0 Å². The van der Waals surface area contributed by atoms with E-state index < -0.39 is 0 Å². The normalized spacial score (nSPS) is 11.0. The average Bonchev–Trinajstić information content (AvgIpc) is 3.14. The number of aromatic nitrogens is 1. The Morgan fingerprint density at radius 3 is 2.14 bits per heavy atom. The van der Waals surface area contributed by atoms with Crippen LogP contribution < -0.4 is 26.9 Å². The molecule has 0 aliphatic carbocycles. The van der Waals surface area contributed by atoms with E-state index in [1.807, 2.05) is 0 Å². The highest BCUT2D eigenvalue weighted by Gasteiger charge is 2.22. The molecule has 4 rings (SSSR count). The van der Waals surface area contributed by atoms with Crippen molar-refractivity contribution in [2.24, 2.45) is 0 Å². The molecule has 4 aromatic rings. The maximum Gasteiger partial charge on any atom is 0.269 e. The van der Waals surface area contributed by atoms with Gasteiger partial charge in [-0.3, -0.25) is 0 Å². The van der Waals surface area contributed by atoms with E-state index in [0.717, 1.165) is 17.1 Å². The predicted octanol–water partition coefficient (Wildman–Crippen LogP) is 3.48. The number of nitrogens with one attached hydrogen (secondary N) is 1. The number of halogens is 1. The van der Waals surface area contributed by atoms with Crippen molar-refractivity contribution in [2.75, 3.05) is 5.32 Å². The van der Waals surface area contributed by atoms with Crippen molar-refractivity contribution in [2.45, 2.75) is 13.8 Å². The van der Waals surface area contributed by atoms with Gasteiger partial charge in [-0.05, 0) is 38.1 Å². The molecule has 1 heterocycles. The molecule has 1 aromatic heterocycles. The first-order valence-electron chi connectivity index (χ1n) is 9.37. The summed E-state index contributed by atoms with van der Waals surface area (Å²) in [5.74, 6) is 0. The molecule has 29 heavy (non-hydrogen) atoms. The van der Waals surface area contributed by atoms with Crippen molar-refractivity contribution in [3.63, 3.8) is 0 Å². The second-order valence-corrected chi connectivity index (χ2v) is 7.70. The van der Waals surface area contributed by atoms with Crippen molar-refractivity contribution in [1.29, 1.82) is 0 Å². The van der Waals surface area contributed by atoms with E-state index in [1.54, 1.807) is 11.3 Å². The molecular formula is C25H23BrN2S. The number of allylic oxidation sites excluding steroid dienone is 1. The number of rotatable bonds is 5. The van der Waals surface area contributed by atoms with E-state index >= 15 is 0 Å². The number of thiazole rings is 1. The molecule has 0 bridgehead atoms. The average molecular weight is 463 g/mol. The minimum absolute atomic E-state index is 0. The number of benzene rings is 3. The molecule has 146 valence electrons. The van der Waals surface area contributed by atoms with Crippen LogP contribution in [0.5, 0.6) is 0 Å². The van der Waals surface area contributed by atoms with E-state index in [2.05, 4.69) is 120 Å². The van der Waals surface area contributed by atoms with Gasteiger partial charge in [0.25, 0.3) is 5.01 Å². The Morgan fingerprint density at radius 2 is 1.48 bits per heavy atom. The fourth-order valence-electron chi connectivity index (χ4n) is 3.17. The first-order valence-corrected chi connectivity index (χ1v) is 10.2. The zero-order valence-corrected chi connectivity index (χ0v) is 18.9. The second kappa shape index (κ2) is 9.68. The Labute approximate surface area is 187 Å². The highest BCUT2D eigenvalue weighted by atomic mass is 79.9. The summed E-state index contributed by atoms with van der Waals surface area (Å²) in [4.78, 5) is 0. The predicted molar refractivity (Wildman–Crippen MR) is 120 cm³/mol. The zero-order valence-electron chi connectivity index (χ0n) is 16.5. The summed E-state index contributed by atoms with van der Waals surface area (Å²) < 4.78 is 2.32. The fourth-order valence-corrected chi connectivity index (χ4v) is 4.20. The van der Waals surface area contributed by atoms with Gasteiger partial charge >= 0.3 is 0 Å². The minimum atomic E-state index is 0. The number of hydrogen-bond acceptors (Lipinski definition) is 2. The van der Waals surface area contributed by atoms with Gasteiger partial charge in [0, 0.05) is 35.2 Å². The molecule has 0 atom stereocenters. The quantitative estimate of drug-likeness (QED) is 0.449. The summed E-state index contributed by atoms with van der Waals surface area (Å²) in [6.07, 6.45) is 2.21. The van der Waals surface area contributed by atoms with Crippen molar-refractivity contribution >= 4 is 23.1 Å². The lowest BCUT2D eigenvalue weighted by Crippen LogP contribution is -3.00. The van der Waals surface area contributed by atoms with Crippen LogP contribution in [-0.4, -0.2) is 0 Å². The van der Waals surface area contributed by atoms with Gasteiger partial charge in [-0.15, -0.1) is 4.57 Å². The molecule has 1 N–H and O–H groups in total. The molecule has 4 heteroatoms. The van der Waals surface area contributed by atoms with E-state index in [9.17, 15) is 0 Å². The lowest BCUT2D eigenvalue weighted by Gasteiger charge is -2.06. The first kappa shape index (κ1) is 21.0. The SMILES string of the molecule is C/C(=C/c1scc(-c2ccccc2)[n+]1-c1ccccc1)Nc1ccc(C)cc1.[Br-]. The summed E-state index contributed by atoms with van der Waals surface area (Å²) >= 11 is 1.75. The third-order valence-corrected chi connectivity index (χ3v) is 5.45. The Bertz CT molecular complexity index is 1080. The lowest BCUT2D eigenvalue weighted by atomic mass is 10.1. The van der Waals surface area contributed by atoms with Gasteiger partial charge in [-0.1, -0.05) is 65.4 Å². The summed E-state index contributed by atoms with van der Waals surface area (Å²) in [6, 6.07) is 29.5. The van der Waals surface area contributed by atoms with Gasteiger partial charge in [0.05, 0.1) is 5.38 Å². The Hall–Kier alpha value is -2.69. The molecule has 3 aromatic carbocycles. The molecule has 0 aliphatic rings.